The summed E-state index contributed by atoms with van der Waals surface area (Å²) in [6.07, 6.45) is 2.32. The summed E-state index contributed by atoms with van der Waals surface area (Å²) in [6.45, 7) is 0.259. The van der Waals surface area contributed by atoms with Gasteiger partial charge in [-0.3, -0.25) is 19.7 Å². The number of hydrogen-bond acceptors (Lipinski definition) is 6. The Labute approximate surface area is 232 Å². The van der Waals surface area contributed by atoms with Crippen LogP contribution in [0.1, 0.15) is 48.0 Å². The van der Waals surface area contributed by atoms with Gasteiger partial charge in [-0.25, -0.2) is 9.18 Å². The molecule has 2 atom stereocenters. The number of H-pyrrole nitrogens is 1. The SMILES string of the molecule is O=C1Nc2ccc(Cl)c(F)c2[C@@]2(CCCN(C(=O)[C@H](CC3CC3)NC(=O)c3ccc4[nH]c(=O)cc(O)c4c3)C2)O1. The van der Waals surface area contributed by atoms with Crippen LogP contribution in [0.5, 0.6) is 5.75 Å². The molecule has 2 aromatic carbocycles. The molecule has 1 saturated heterocycles. The Morgan fingerprint density at radius 1 is 1.23 bits per heavy atom. The molecule has 2 fully saturated rings. The van der Waals surface area contributed by atoms with Crippen LogP contribution in [-0.4, -0.2) is 52.0 Å². The average molecular weight is 569 g/mol. The highest BCUT2D eigenvalue weighted by atomic mass is 35.5. The molecule has 3 aliphatic rings. The molecule has 3 amide bonds. The first kappa shape index (κ1) is 26.1. The molecule has 4 N–H and O–H groups in total. The number of nitrogens with zero attached hydrogens (tertiary/aromatic N) is 1. The number of amides is 3. The van der Waals surface area contributed by atoms with E-state index < -0.39 is 35.0 Å². The van der Waals surface area contributed by atoms with Crippen molar-refractivity contribution >= 4 is 46.1 Å². The predicted octanol–water partition coefficient (Wildman–Crippen LogP) is 4.00. The van der Waals surface area contributed by atoms with E-state index in [2.05, 4.69) is 15.6 Å². The van der Waals surface area contributed by atoms with Gasteiger partial charge in [0.15, 0.2) is 11.4 Å². The van der Waals surface area contributed by atoms with Crippen molar-refractivity contribution in [3.63, 3.8) is 0 Å². The lowest BCUT2D eigenvalue weighted by Gasteiger charge is -2.45. The fraction of sp³-hybridized carbons (Fsp3) is 0.357. The first-order valence-corrected chi connectivity index (χ1v) is 13.5. The van der Waals surface area contributed by atoms with Crippen molar-refractivity contribution in [2.45, 2.75) is 43.7 Å². The van der Waals surface area contributed by atoms with E-state index >= 15 is 4.39 Å². The summed E-state index contributed by atoms with van der Waals surface area (Å²) in [5.41, 5.74) is -0.959. The van der Waals surface area contributed by atoms with Crippen molar-refractivity contribution in [1.29, 1.82) is 0 Å². The van der Waals surface area contributed by atoms with Crippen LogP contribution in [0.4, 0.5) is 14.9 Å². The highest BCUT2D eigenvalue weighted by Gasteiger charge is 2.49. The maximum atomic E-state index is 15.3. The number of benzene rings is 2. The monoisotopic (exact) mass is 568 g/mol. The van der Waals surface area contributed by atoms with Crippen molar-refractivity contribution in [3.05, 3.63) is 68.7 Å². The topological polar surface area (TPSA) is 141 Å². The number of fused-ring (bicyclic) bond motifs is 3. The summed E-state index contributed by atoms with van der Waals surface area (Å²) in [6, 6.07) is 7.48. The lowest BCUT2D eigenvalue weighted by molar-refractivity contribution is -0.141. The Bertz CT molecular complexity index is 1620. The molecule has 0 unspecified atom stereocenters. The normalized spacial score (nSPS) is 20.9. The number of carbonyl (C=O) groups excluding carboxylic acids is 3. The molecule has 3 heterocycles. The molecule has 1 aliphatic carbocycles. The number of aromatic amines is 1. The summed E-state index contributed by atoms with van der Waals surface area (Å²) >= 11 is 6.06. The van der Waals surface area contributed by atoms with E-state index in [0.29, 0.717) is 36.7 Å². The fourth-order valence-electron chi connectivity index (χ4n) is 5.71. The quantitative estimate of drug-likeness (QED) is 0.367. The van der Waals surface area contributed by atoms with E-state index in [4.69, 9.17) is 16.3 Å². The standard InChI is InChI=1S/C28H26ClFN4O6/c29-17-5-7-19-23(24(17)30)28(40-27(39)33-19)8-1-9-34(13-28)26(38)20(10-14-2-3-14)32-25(37)15-4-6-18-16(11-15)21(35)12-22(36)31-18/h4-7,11-12,14,20H,1-3,8-10,13H2,(H,32,37)(H,33,39)(H2,31,35,36)/t20-,28-/m0/s1. The molecule has 40 heavy (non-hydrogen) atoms. The number of aromatic nitrogens is 1. The van der Waals surface area contributed by atoms with Crippen LogP contribution in [0.25, 0.3) is 10.9 Å². The third-order valence-corrected chi connectivity index (χ3v) is 8.09. The minimum atomic E-state index is -1.42. The molecule has 3 aromatic rings. The van der Waals surface area contributed by atoms with Crippen molar-refractivity contribution < 1.29 is 28.6 Å². The molecule has 1 aromatic heterocycles. The molecule has 1 spiro atoms. The van der Waals surface area contributed by atoms with Crippen LogP contribution in [0.2, 0.25) is 5.02 Å². The van der Waals surface area contributed by atoms with Gasteiger partial charge in [0.2, 0.25) is 5.91 Å². The van der Waals surface area contributed by atoms with Gasteiger partial charge in [-0.15, -0.1) is 0 Å². The highest BCUT2D eigenvalue weighted by Crippen LogP contribution is 2.45. The van der Waals surface area contributed by atoms with E-state index in [0.717, 1.165) is 18.9 Å². The smallest absolute Gasteiger partial charge is 0.412 e. The van der Waals surface area contributed by atoms with Crippen molar-refractivity contribution in [1.82, 2.24) is 15.2 Å². The van der Waals surface area contributed by atoms with E-state index in [9.17, 15) is 24.3 Å². The third-order valence-electron chi connectivity index (χ3n) is 7.79. The minimum Gasteiger partial charge on any atom is -0.507 e. The van der Waals surface area contributed by atoms with Crippen LogP contribution < -0.4 is 16.2 Å². The molecule has 1 saturated carbocycles. The zero-order valence-electron chi connectivity index (χ0n) is 21.3. The molecular formula is C28H26ClFN4O6. The lowest BCUT2D eigenvalue weighted by Crippen LogP contribution is -2.57. The van der Waals surface area contributed by atoms with Gasteiger partial charge in [0.25, 0.3) is 11.5 Å². The summed E-state index contributed by atoms with van der Waals surface area (Å²) in [5.74, 6) is -1.56. The van der Waals surface area contributed by atoms with Crippen LogP contribution in [0, 0.1) is 11.7 Å². The van der Waals surface area contributed by atoms with Gasteiger partial charge < -0.3 is 25.0 Å². The number of ether oxygens (including phenoxy) is 1. The molecule has 6 rings (SSSR count). The number of likely N-dealkylation sites (tertiary alicyclic amines) is 1. The lowest BCUT2D eigenvalue weighted by atomic mass is 9.82. The van der Waals surface area contributed by atoms with Crippen LogP contribution in [0.3, 0.4) is 0 Å². The van der Waals surface area contributed by atoms with Crippen molar-refractivity contribution in [3.8, 4) is 5.75 Å². The summed E-state index contributed by atoms with van der Waals surface area (Å²) in [7, 11) is 0. The number of aromatic hydroxyl groups is 1. The van der Waals surface area contributed by atoms with Crippen LogP contribution in [-0.2, 0) is 15.1 Å². The Morgan fingerprint density at radius 3 is 2.80 bits per heavy atom. The molecule has 208 valence electrons. The molecule has 2 aliphatic heterocycles. The van der Waals surface area contributed by atoms with Gasteiger partial charge in [0.1, 0.15) is 11.8 Å². The highest BCUT2D eigenvalue weighted by molar-refractivity contribution is 6.31. The molecule has 0 bridgehead atoms. The van der Waals surface area contributed by atoms with Gasteiger partial charge >= 0.3 is 6.09 Å². The number of hydrogen-bond donors (Lipinski definition) is 4. The van der Waals surface area contributed by atoms with Gasteiger partial charge in [-0.05, 0) is 55.5 Å². The Morgan fingerprint density at radius 2 is 2.02 bits per heavy atom. The van der Waals surface area contributed by atoms with Crippen LogP contribution >= 0.6 is 11.6 Å². The van der Waals surface area contributed by atoms with Gasteiger partial charge in [0, 0.05) is 23.6 Å². The number of rotatable bonds is 5. The van der Waals surface area contributed by atoms with Gasteiger partial charge in [0.05, 0.1) is 28.3 Å². The van der Waals surface area contributed by atoms with Crippen LogP contribution in [0.15, 0.2) is 41.2 Å². The second-order valence-corrected chi connectivity index (χ2v) is 11.0. The van der Waals surface area contributed by atoms with E-state index in [1.807, 2.05) is 0 Å². The van der Waals surface area contributed by atoms with Gasteiger partial charge in [-0.1, -0.05) is 24.4 Å². The Balaban J connectivity index is 1.27. The number of anilines is 1. The second-order valence-electron chi connectivity index (χ2n) is 10.6. The average Bonchev–Trinajstić information content (AvgIpc) is 3.73. The first-order valence-electron chi connectivity index (χ1n) is 13.1. The number of nitrogens with one attached hydrogen (secondary N) is 3. The van der Waals surface area contributed by atoms with Crippen molar-refractivity contribution in [2.24, 2.45) is 5.92 Å². The largest absolute Gasteiger partial charge is 0.507 e. The Hall–Kier alpha value is -4.12. The summed E-state index contributed by atoms with van der Waals surface area (Å²) in [4.78, 5) is 55.3. The molecular weight excluding hydrogens is 543 g/mol. The number of pyridine rings is 1. The van der Waals surface area contributed by atoms with Gasteiger partial charge in [-0.2, -0.15) is 0 Å². The zero-order chi connectivity index (χ0) is 28.2. The van der Waals surface area contributed by atoms with E-state index in [-0.39, 0.29) is 46.0 Å². The predicted molar refractivity (Wildman–Crippen MR) is 144 cm³/mol. The summed E-state index contributed by atoms with van der Waals surface area (Å²) < 4.78 is 20.9. The molecule has 10 nitrogen and oxygen atoms in total. The number of halogens is 2. The number of piperidine rings is 1. The molecule has 12 heteroatoms. The molecule has 0 radical (unpaired) electrons. The van der Waals surface area contributed by atoms with E-state index in [1.54, 1.807) is 0 Å². The fourth-order valence-corrected chi connectivity index (χ4v) is 5.87. The zero-order valence-corrected chi connectivity index (χ0v) is 22.0. The van der Waals surface area contributed by atoms with Crippen molar-refractivity contribution in [2.75, 3.05) is 18.4 Å². The second kappa shape index (κ2) is 9.81. The third kappa shape index (κ3) is 4.74. The first-order chi connectivity index (χ1) is 19.1. The maximum Gasteiger partial charge on any atom is 0.412 e. The summed E-state index contributed by atoms with van der Waals surface area (Å²) in [5, 5.41) is 15.7. The minimum absolute atomic E-state index is 0.0856. The maximum absolute atomic E-state index is 15.3. The number of carbonyl (C=O) groups is 3. The van der Waals surface area contributed by atoms with E-state index in [1.165, 1.54) is 35.2 Å². The Kier molecular flexibility index (Phi) is 6.41.